The van der Waals surface area contributed by atoms with Crippen molar-refractivity contribution in [2.45, 2.75) is 13.0 Å². The van der Waals surface area contributed by atoms with Crippen LogP contribution in [-0.2, 0) is 9.53 Å². The highest BCUT2D eigenvalue weighted by Crippen LogP contribution is 2.11. The number of amides is 1. The molecule has 0 aliphatic rings. The molecule has 7 heteroatoms. The SMILES string of the molecule is C[C@@H](OC(=O)c1cccc[n+]1[O-])C(=O)Nc1cccc(C#N)c1. The Morgan fingerprint density at radius 1 is 1.30 bits per heavy atom. The molecule has 1 aromatic carbocycles. The third kappa shape index (κ3) is 4.04. The molecule has 0 saturated heterocycles. The van der Waals surface area contributed by atoms with E-state index in [1.54, 1.807) is 18.2 Å². The molecule has 116 valence electrons. The van der Waals surface area contributed by atoms with Crippen molar-refractivity contribution in [3.05, 3.63) is 65.1 Å². The molecule has 1 N–H and O–H groups in total. The molecule has 0 spiro atoms. The van der Waals surface area contributed by atoms with Gasteiger partial charge >= 0.3 is 11.7 Å². The minimum absolute atomic E-state index is 0.210. The molecule has 1 atom stereocenters. The number of anilines is 1. The zero-order valence-corrected chi connectivity index (χ0v) is 12.2. The second-order valence-electron chi connectivity index (χ2n) is 4.64. The summed E-state index contributed by atoms with van der Waals surface area (Å²) in [5, 5.41) is 22.8. The Labute approximate surface area is 132 Å². The first kappa shape index (κ1) is 16.0. The number of hydrogen-bond donors (Lipinski definition) is 1. The molecule has 0 aliphatic carbocycles. The van der Waals surface area contributed by atoms with E-state index >= 15 is 0 Å². The van der Waals surface area contributed by atoms with Crippen LogP contribution >= 0.6 is 0 Å². The summed E-state index contributed by atoms with van der Waals surface area (Å²) in [6.07, 6.45) is 0.0581. The Balaban J connectivity index is 2.01. The van der Waals surface area contributed by atoms with E-state index in [-0.39, 0.29) is 5.69 Å². The van der Waals surface area contributed by atoms with Gasteiger partial charge in [0.1, 0.15) is 0 Å². The summed E-state index contributed by atoms with van der Waals surface area (Å²) in [5.41, 5.74) is 0.596. The molecule has 0 saturated carbocycles. The molecule has 0 fully saturated rings. The average Bonchev–Trinajstić information content (AvgIpc) is 2.55. The molecule has 1 aromatic heterocycles. The summed E-state index contributed by atoms with van der Waals surface area (Å²) < 4.78 is 5.34. The van der Waals surface area contributed by atoms with Crippen LogP contribution in [0.1, 0.15) is 23.0 Å². The normalized spacial score (nSPS) is 11.1. The molecular formula is C16H13N3O4. The lowest BCUT2D eigenvalue weighted by atomic mass is 10.2. The minimum atomic E-state index is -1.10. The highest BCUT2D eigenvalue weighted by molar-refractivity contribution is 5.96. The number of nitrogens with zero attached hydrogens (tertiary/aromatic N) is 2. The number of ether oxygens (including phenoxy) is 1. The van der Waals surface area contributed by atoms with Gasteiger partial charge in [0.25, 0.3) is 5.91 Å². The molecule has 0 radical (unpaired) electrons. The minimum Gasteiger partial charge on any atom is -0.618 e. The monoisotopic (exact) mass is 311 g/mol. The van der Waals surface area contributed by atoms with Gasteiger partial charge < -0.3 is 15.3 Å². The van der Waals surface area contributed by atoms with Gasteiger partial charge in [-0.05, 0) is 31.2 Å². The lowest BCUT2D eigenvalue weighted by Gasteiger charge is -2.13. The maximum Gasteiger partial charge on any atom is 0.405 e. The number of aromatic nitrogens is 1. The van der Waals surface area contributed by atoms with Crippen molar-refractivity contribution in [3.8, 4) is 6.07 Å². The maximum absolute atomic E-state index is 12.0. The van der Waals surface area contributed by atoms with Crippen LogP contribution in [0.3, 0.4) is 0 Å². The zero-order valence-electron chi connectivity index (χ0n) is 12.2. The lowest BCUT2D eigenvalue weighted by molar-refractivity contribution is -0.608. The number of pyridine rings is 1. The fourth-order valence-corrected chi connectivity index (χ4v) is 1.77. The van der Waals surface area contributed by atoms with Crippen molar-refractivity contribution >= 4 is 17.6 Å². The quantitative estimate of drug-likeness (QED) is 0.521. The molecule has 1 amide bonds. The number of carbonyl (C=O) groups excluding carboxylic acids is 2. The van der Waals surface area contributed by atoms with Gasteiger partial charge in [-0.3, -0.25) is 4.79 Å². The summed E-state index contributed by atoms with van der Waals surface area (Å²) >= 11 is 0. The Hall–Kier alpha value is -3.40. The van der Waals surface area contributed by atoms with Crippen LogP contribution in [0.2, 0.25) is 0 Å². The van der Waals surface area contributed by atoms with Gasteiger partial charge in [-0.25, -0.2) is 4.79 Å². The number of rotatable bonds is 4. The van der Waals surface area contributed by atoms with Gasteiger partial charge in [-0.15, -0.1) is 0 Å². The van der Waals surface area contributed by atoms with Gasteiger partial charge in [0.2, 0.25) is 0 Å². The molecule has 23 heavy (non-hydrogen) atoms. The van der Waals surface area contributed by atoms with Gasteiger partial charge in [-0.1, -0.05) is 6.07 Å². The number of carbonyl (C=O) groups is 2. The molecule has 2 aromatic rings. The maximum atomic E-state index is 12.0. The fraction of sp³-hybridized carbons (Fsp3) is 0.125. The summed E-state index contributed by atoms with van der Waals surface area (Å²) in [5.74, 6) is -1.46. The van der Waals surface area contributed by atoms with Crippen LogP contribution in [0.25, 0.3) is 0 Å². The van der Waals surface area contributed by atoms with Crippen molar-refractivity contribution < 1.29 is 19.1 Å². The molecule has 0 bridgehead atoms. The van der Waals surface area contributed by atoms with E-state index in [1.165, 1.54) is 31.2 Å². The summed E-state index contributed by atoms with van der Waals surface area (Å²) in [6, 6.07) is 12.6. The fourth-order valence-electron chi connectivity index (χ4n) is 1.77. The van der Waals surface area contributed by atoms with Crippen LogP contribution in [0.15, 0.2) is 48.7 Å². The zero-order chi connectivity index (χ0) is 16.8. The molecule has 2 rings (SSSR count). The van der Waals surface area contributed by atoms with Gasteiger partial charge in [0.15, 0.2) is 12.3 Å². The second-order valence-corrected chi connectivity index (χ2v) is 4.64. The Morgan fingerprint density at radius 2 is 2.09 bits per heavy atom. The predicted molar refractivity (Wildman–Crippen MR) is 80.1 cm³/mol. The number of benzene rings is 1. The number of nitriles is 1. The van der Waals surface area contributed by atoms with Crippen molar-refractivity contribution in [1.82, 2.24) is 0 Å². The summed E-state index contributed by atoms with van der Waals surface area (Å²) in [4.78, 5) is 23.9. The summed E-state index contributed by atoms with van der Waals surface area (Å²) in [7, 11) is 0. The van der Waals surface area contributed by atoms with Gasteiger partial charge in [0.05, 0.1) is 11.6 Å². The molecular weight excluding hydrogens is 298 g/mol. The Kier molecular flexibility index (Phi) is 4.89. The van der Waals surface area contributed by atoms with Gasteiger partial charge in [0, 0.05) is 17.8 Å². The van der Waals surface area contributed by atoms with Gasteiger partial charge in [-0.2, -0.15) is 9.99 Å². The third-order valence-corrected chi connectivity index (χ3v) is 2.95. The van der Waals surface area contributed by atoms with Crippen molar-refractivity contribution in [2.24, 2.45) is 0 Å². The van der Waals surface area contributed by atoms with E-state index in [9.17, 15) is 14.8 Å². The first-order chi connectivity index (χ1) is 11.0. The standard InChI is InChI=1S/C16H13N3O4/c1-11(23-16(21)14-7-2-3-8-19(14)22)15(20)18-13-6-4-5-12(9-13)10-17/h2-9,11H,1H3,(H,18,20)/t11-/m1/s1. The van der Waals surface area contributed by atoms with Crippen LogP contribution in [0.5, 0.6) is 0 Å². The van der Waals surface area contributed by atoms with E-state index in [0.29, 0.717) is 16.0 Å². The van der Waals surface area contributed by atoms with Crippen molar-refractivity contribution in [2.75, 3.05) is 5.32 Å². The van der Waals surface area contributed by atoms with Crippen LogP contribution in [-0.4, -0.2) is 18.0 Å². The molecule has 1 heterocycles. The number of nitrogens with one attached hydrogen (secondary N) is 1. The Morgan fingerprint density at radius 3 is 2.78 bits per heavy atom. The smallest absolute Gasteiger partial charge is 0.405 e. The number of hydrogen-bond acceptors (Lipinski definition) is 5. The van der Waals surface area contributed by atoms with E-state index < -0.39 is 18.0 Å². The van der Waals surface area contributed by atoms with E-state index in [0.717, 1.165) is 6.20 Å². The summed E-state index contributed by atoms with van der Waals surface area (Å²) in [6.45, 7) is 1.39. The molecule has 0 aliphatic heterocycles. The first-order valence-electron chi connectivity index (χ1n) is 6.71. The first-order valence-corrected chi connectivity index (χ1v) is 6.71. The van der Waals surface area contributed by atoms with Crippen LogP contribution in [0, 0.1) is 16.5 Å². The topological polar surface area (TPSA) is 106 Å². The predicted octanol–water partition coefficient (Wildman–Crippen LogP) is 1.38. The molecule has 7 nitrogen and oxygen atoms in total. The highest BCUT2D eigenvalue weighted by atomic mass is 16.6. The van der Waals surface area contributed by atoms with E-state index in [1.807, 2.05) is 6.07 Å². The van der Waals surface area contributed by atoms with Crippen molar-refractivity contribution in [1.29, 1.82) is 5.26 Å². The van der Waals surface area contributed by atoms with Crippen LogP contribution in [0.4, 0.5) is 5.69 Å². The average molecular weight is 311 g/mol. The largest absolute Gasteiger partial charge is 0.618 e. The Bertz CT molecular complexity index is 783. The molecule has 0 unspecified atom stereocenters. The third-order valence-electron chi connectivity index (χ3n) is 2.95. The van der Waals surface area contributed by atoms with Crippen LogP contribution < -0.4 is 10.0 Å². The van der Waals surface area contributed by atoms with Crippen molar-refractivity contribution in [3.63, 3.8) is 0 Å². The second kappa shape index (κ2) is 7.04. The number of esters is 1. The van der Waals surface area contributed by atoms with E-state index in [4.69, 9.17) is 10.00 Å². The lowest BCUT2D eigenvalue weighted by Crippen LogP contribution is -2.37. The highest BCUT2D eigenvalue weighted by Gasteiger charge is 2.23. The van der Waals surface area contributed by atoms with E-state index in [2.05, 4.69) is 5.32 Å².